The molecular formula is C52H30N4S. The van der Waals surface area contributed by atoms with Crippen LogP contribution in [0.2, 0.25) is 0 Å². The van der Waals surface area contributed by atoms with Crippen molar-refractivity contribution < 1.29 is 0 Å². The lowest BCUT2D eigenvalue weighted by Gasteiger charge is -2.20. The van der Waals surface area contributed by atoms with Crippen LogP contribution in [-0.4, -0.2) is 19.1 Å². The Morgan fingerprint density at radius 3 is 1.61 bits per heavy atom. The second kappa shape index (κ2) is 11.7. The Kier molecular flexibility index (Phi) is 6.35. The third-order valence-electron chi connectivity index (χ3n) is 11.8. The van der Waals surface area contributed by atoms with E-state index in [9.17, 15) is 0 Å². The number of rotatable bonds is 3. The van der Waals surface area contributed by atoms with E-state index in [4.69, 9.17) is 9.97 Å². The van der Waals surface area contributed by atoms with Gasteiger partial charge in [0.05, 0.1) is 33.3 Å². The first-order chi connectivity index (χ1) is 28.2. The van der Waals surface area contributed by atoms with Gasteiger partial charge in [-0.2, -0.15) is 0 Å². The zero-order valence-corrected chi connectivity index (χ0v) is 31.3. The fourth-order valence-electron chi connectivity index (χ4n) is 9.23. The van der Waals surface area contributed by atoms with Crippen molar-refractivity contribution in [2.75, 3.05) is 0 Å². The van der Waals surface area contributed by atoms with Crippen molar-refractivity contribution in [2.24, 2.45) is 0 Å². The van der Waals surface area contributed by atoms with E-state index in [1.54, 1.807) is 11.8 Å². The molecule has 1 aliphatic heterocycles. The average Bonchev–Trinajstić information content (AvgIpc) is 3.75. The minimum Gasteiger partial charge on any atom is -0.309 e. The van der Waals surface area contributed by atoms with Crippen LogP contribution in [0.1, 0.15) is 0 Å². The van der Waals surface area contributed by atoms with E-state index in [2.05, 4.69) is 191 Å². The lowest BCUT2D eigenvalue weighted by atomic mass is 9.99. The van der Waals surface area contributed by atoms with Crippen molar-refractivity contribution in [1.82, 2.24) is 19.1 Å². The molecule has 0 atom stereocenters. The summed E-state index contributed by atoms with van der Waals surface area (Å²) in [5.74, 6) is 0.682. The predicted molar refractivity (Wildman–Crippen MR) is 238 cm³/mol. The molecule has 3 aromatic heterocycles. The molecule has 0 N–H and O–H groups in total. The zero-order chi connectivity index (χ0) is 37.2. The Labute approximate surface area is 331 Å². The van der Waals surface area contributed by atoms with E-state index in [0.717, 1.165) is 38.9 Å². The number of nitrogens with zero attached hydrogens (tertiary/aromatic N) is 4. The van der Waals surface area contributed by atoms with Crippen LogP contribution in [0.3, 0.4) is 0 Å². The molecule has 0 bridgehead atoms. The zero-order valence-electron chi connectivity index (χ0n) is 30.5. The largest absolute Gasteiger partial charge is 0.309 e. The number of fused-ring (bicyclic) bond motifs is 10. The highest BCUT2D eigenvalue weighted by Gasteiger charge is 2.24. The van der Waals surface area contributed by atoms with E-state index >= 15 is 0 Å². The first-order valence-electron chi connectivity index (χ1n) is 19.3. The van der Waals surface area contributed by atoms with Crippen LogP contribution in [0.5, 0.6) is 0 Å². The summed E-state index contributed by atoms with van der Waals surface area (Å²) in [6.07, 6.45) is 0. The highest BCUT2D eigenvalue weighted by molar-refractivity contribution is 7.99. The third-order valence-corrected chi connectivity index (χ3v) is 13.0. The summed E-state index contributed by atoms with van der Waals surface area (Å²) in [6.45, 7) is 0. The molecule has 0 spiro atoms. The van der Waals surface area contributed by atoms with Crippen LogP contribution in [0.4, 0.5) is 0 Å². The molecule has 12 aromatic rings. The van der Waals surface area contributed by atoms with Gasteiger partial charge in [0.1, 0.15) is 0 Å². The molecule has 13 rings (SSSR count). The van der Waals surface area contributed by atoms with Crippen molar-refractivity contribution in [3.8, 4) is 34.0 Å². The maximum atomic E-state index is 5.42. The van der Waals surface area contributed by atoms with Gasteiger partial charge in [-0.1, -0.05) is 115 Å². The lowest BCUT2D eigenvalue weighted by molar-refractivity contribution is 1.01. The van der Waals surface area contributed by atoms with Gasteiger partial charge < -0.3 is 4.57 Å². The van der Waals surface area contributed by atoms with Crippen molar-refractivity contribution in [2.45, 2.75) is 9.79 Å². The third kappa shape index (κ3) is 4.52. The summed E-state index contributed by atoms with van der Waals surface area (Å²) in [6, 6.07) is 66.2. The fourth-order valence-corrected chi connectivity index (χ4v) is 10.3. The second-order valence-electron chi connectivity index (χ2n) is 15.0. The Hall–Kier alpha value is -7.21. The second-order valence-corrected chi connectivity index (χ2v) is 16.1. The number of hydrogen-bond donors (Lipinski definition) is 0. The monoisotopic (exact) mass is 742 g/mol. The summed E-state index contributed by atoms with van der Waals surface area (Å²) in [5, 5.41) is 10.8. The molecule has 1 aliphatic rings. The standard InChI is InChI=1S/C52H30N4S/c1-2-15-37(16-3-1)55-44-23-21-35(27-39(44)41-25-31-11-4-6-13-33(31)29-46(41)55)36-22-24-45-40(28-36)42-26-32-12-5-7-14-34(32)30-47(42)56(45)52-53-43-18-10-20-49-50(43)51(54-52)38-17-8-9-19-48(38)57-49/h1-30H. The molecule has 4 nitrogen and oxygen atoms in total. The number of aromatic nitrogens is 4. The molecule has 0 aliphatic carbocycles. The van der Waals surface area contributed by atoms with Crippen LogP contribution in [-0.2, 0) is 0 Å². The van der Waals surface area contributed by atoms with E-state index in [0.29, 0.717) is 5.95 Å². The first-order valence-corrected chi connectivity index (χ1v) is 20.1. The van der Waals surface area contributed by atoms with Gasteiger partial charge in [0.25, 0.3) is 0 Å². The van der Waals surface area contributed by atoms with E-state index in [1.807, 2.05) is 0 Å². The molecular weight excluding hydrogens is 713 g/mol. The van der Waals surface area contributed by atoms with Gasteiger partial charge in [0.2, 0.25) is 5.95 Å². The molecule has 9 aromatic carbocycles. The van der Waals surface area contributed by atoms with Crippen LogP contribution in [0.15, 0.2) is 192 Å². The van der Waals surface area contributed by atoms with Crippen molar-refractivity contribution in [1.29, 1.82) is 0 Å². The molecule has 0 fully saturated rings. The smallest absolute Gasteiger partial charge is 0.235 e. The Balaban J connectivity index is 1.06. The number of hydrogen-bond acceptors (Lipinski definition) is 3. The SMILES string of the molecule is c1ccc(-n2c3ccc(-c4ccc5c(c4)c4cc6ccccc6cc4n5-c4nc5c6c(cccc6n4)Sc4ccccc4-5)cc3c3cc4ccccc4cc32)cc1. The Morgan fingerprint density at radius 1 is 0.386 bits per heavy atom. The minimum absolute atomic E-state index is 0.682. The van der Waals surface area contributed by atoms with Gasteiger partial charge in [-0.05, 0) is 112 Å². The molecule has 0 saturated carbocycles. The first kappa shape index (κ1) is 31.0. The quantitative estimate of drug-likeness (QED) is 0.181. The molecule has 57 heavy (non-hydrogen) atoms. The Bertz CT molecular complexity index is 3670. The van der Waals surface area contributed by atoms with E-state index < -0.39 is 0 Å². The summed E-state index contributed by atoms with van der Waals surface area (Å²) in [5.41, 5.74) is 11.2. The maximum absolute atomic E-state index is 5.42. The fraction of sp³-hybridized carbons (Fsp3) is 0. The van der Waals surface area contributed by atoms with Crippen LogP contribution >= 0.6 is 11.8 Å². The van der Waals surface area contributed by atoms with Crippen molar-refractivity contribution in [3.63, 3.8) is 0 Å². The number of para-hydroxylation sites is 1. The highest BCUT2D eigenvalue weighted by Crippen LogP contribution is 2.47. The van der Waals surface area contributed by atoms with Crippen LogP contribution < -0.4 is 0 Å². The molecule has 264 valence electrons. The van der Waals surface area contributed by atoms with Gasteiger partial charge in [-0.15, -0.1) is 0 Å². The number of benzene rings is 9. The van der Waals surface area contributed by atoms with Gasteiger partial charge in [-0.25, -0.2) is 9.97 Å². The van der Waals surface area contributed by atoms with Gasteiger partial charge in [0.15, 0.2) is 0 Å². The van der Waals surface area contributed by atoms with E-state index in [1.165, 1.54) is 75.0 Å². The topological polar surface area (TPSA) is 35.6 Å². The van der Waals surface area contributed by atoms with Crippen LogP contribution in [0.25, 0.3) is 110 Å². The molecule has 0 radical (unpaired) electrons. The highest BCUT2D eigenvalue weighted by atomic mass is 32.2. The van der Waals surface area contributed by atoms with Crippen molar-refractivity contribution in [3.05, 3.63) is 182 Å². The molecule has 0 amide bonds. The summed E-state index contributed by atoms with van der Waals surface area (Å²) < 4.78 is 4.68. The van der Waals surface area contributed by atoms with Gasteiger partial charge in [0, 0.05) is 48.0 Å². The van der Waals surface area contributed by atoms with Crippen molar-refractivity contribution >= 4 is 87.8 Å². The maximum Gasteiger partial charge on any atom is 0.235 e. The van der Waals surface area contributed by atoms with Crippen LogP contribution in [0, 0.1) is 0 Å². The summed E-state index contributed by atoms with van der Waals surface area (Å²) in [7, 11) is 0. The molecule has 4 heterocycles. The summed E-state index contributed by atoms with van der Waals surface area (Å²) >= 11 is 1.80. The molecule has 0 saturated heterocycles. The average molecular weight is 743 g/mol. The Morgan fingerprint density at radius 2 is 0.930 bits per heavy atom. The molecule has 5 heteroatoms. The normalized spacial score (nSPS) is 12.5. The molecule has 0 unspecified atom stereocenters. The van der Waals surface area contributed by atoms with Gasteiger partial charge >= 0.3 is 0 Å². The summed E-state index contributed by atoms with van der Waals surface area (Å²) in [4.78, 5) is 13.1. The van der Waals surface area contributed by atoms with Gasteiger partial charge in [-0.3, -0.25) is 4.57 Å². The minimum atomic E-state index is 0.682. The van der Waals surface area contributed by atoms with E-state index in [-0.39, 0.29) is 0 Å². The predicted octanol–water partition coefficient (Wildman–Crippen LogP) is 13.9. The lowest BCUT2D eigenvalue weighted by Crippen LogP contribution is -2.05.